The molecule has 1 fully saturated rings. The molecule has 1 aliphatic heterocycles. The lowest BCUT2D eigenvalue weighted by atomic mass is 9.96. The molecule has 19 heavy (non-hydrogen) atoms. The van der Waals surface area contributed by atoms with Crippen molar-refractivity contribution in [3.8, 4) is 0 Å². The molecule has 0 aliphatic carbocycles. The van der Waals surface area contributed by atoms with E-state index in [1.807, 2.05) is 13.0 Å². The minimum atomic E-state index is -0.181. The molecule has 4 heteroatoms. The zero-order valence-electron chi connectivity index (χ0n) is 11.8. The molecule has 1 aromatic carbocycles. The normalized spacial score (nSPS) is 21.5. The maximum atomic E-state index is 13.7. The summed E-state index contributed by atoms with van der Waals surface area (Å²) in [5, 5.41) is 3.57. The van der Waals surface area contributed by atoms with Gasteiger partial charge in [0.2, 0.25) is 0 Å². The monoisotopic (exact) mass is 328 g/mol. The van der Waals surface area contributed by atoms with Gasteiger partial charge >= 0.3 is 0 Å². The number of benzene rings is 1. The lowest BCUT2D eigenvalue weighted by molar-refractivity contribution is 0.341. The average molecular weight is 329 g/mol. The van der Waals surface area contributed by atoms with E-state index in [2.05, 4.69) is 40.0 Å². The molecule has 1 saturated heterocycles. The highest BCUT2D eigenvalue weighted by molar-refractivity contribution is 9.10. The van der Waals surface area contributed by atoms with Gasteiger partial charge < -0.3 is 10.2 Å². The zero-order valence-corrected chi connectivity index (χ0v) is 13.4. The summed E-state index contributed by atoms with van der Waals surface area (Å²) in [6.45, 7) is 9.39. The van der Waals surface area contributed by atoms with Crippen molar-refractivity contribution < 1.29 is 4.39 Å². The second-order valence-corrected chi connectivity index (χ2v) is 6.30. The Morgan fingerprint density at radius 2 is 2.26 bits per heavy atom. The Morgan fingerprint density at radius 1 is 1.53 bits per heavy atom. The third kappa shape index (κ3) is 3.29. The van der Waals surface area contributed by atoms with Gasteiger partial charge in [-0.2, -0.15) is 0 Å². The molecule has 2 rings (SSSR count). The number of nitrogens with zero attached hydrogens (tertiary/aromatic N) is 1. The Balaban J connectivity index is 2.19. The third-order valence-corrected chi connectivity index (χ3v) is 4.72. The van der Waals surface area contributed by atoms with Gasteiger partial charge in [0, 0.05) is 31.4 Å². The van der Waals surface area contributed by atoms with Crippen molar-refractivity contribution in [2.45, 2.75) is 33.2 Å². The number of rotatable bonds is 3. The van der Waals surface area contributed by atoms with Crippen LogP contribution in [0.5, 0.6) is 0 Å². The van der Waals surface area contributed by atoms with Gasteiger partial charge in [0.1, 0.15) is 5.82 Å². The van der Waals surface area contributed by atoms with Gasteiger partial charge in [0.25, 0.3) is 0 Å². The minimum Gasteiger partial charge on any atom is -0.368 e. The first-order chi connectivity index (χ1) is 9.02. The molecule has 0 aromatic heterocycles. The van der Waals surface area contributed by atoms with Crippen molar-refractivity contribution in [1.29, 1.82) is 0 Å². The standard InChI is InChI=1S/C15H22BrFN2/c1-4-10(2)14-9-19(6-5-18-14)15-8-13(17)12(16)7-11(15)3/h7-8,10,14,18H,4-6,9H2,1-3H3. The topological polar surface area (TPSA) is 15.3 Å². The third-order valence-electron chi connectivity index (χ3n) is 4.12. The number of hydrogen-bond donors (Lipinski definition) is 1. The SMILES string of the molecule is CCC(C)C1CN(c2cc(F)c(Br)cc2C)CCN1. The molecule has 2 unspecified atom stereocenters. The number of aryl methyl sites for hydroxylation is 1. The maximum absolute atomic E-state index is 13.7. The fourth-order valence-electron chi connectivity index (χ4n) is 2.64. The molecule has 106 valence electrons. The van der Waals surface area contributed by atoms with Crippen molar-refractivity contribution in [2.75, 3.05) is 24.5 Å². The Hall–Kier alpha value is -0.610. The van der Waals surface area contributed by atoms with Crippen LogP contribution < -0.4 is 10.2 Å². The smallest absolute Gasteiger partial charge is 0.139 e. The summed E-state index contributed by atoms with van der Waals surface area (Å²) in [7, 11) is 0. The average Bonchev–Trinajstić information content (AvgIpc) is 2.42. The van der Waals surface area contributed by atoms with Crippen LogP contribution in [0.2, 0.25) is 0 Å². The highest BCUT2D eigenvalue weighted by atomic mass is 79.9. The number of nitrogens with one attached hydrogen (secondary N) is 1. The van der Waals surface area contributed by atoms with E-state index in [1.54, 1.807) is 6.07 Å². The van der Waals surface area contributed by atoms with Crippen LogP contribution in [0.25, 0.3) is 0 Å². The van der Waals surface area contributed by atoms with E-state index in [9.17, 15) is 4.39 Å². The molecule has 1 aromatic rings. The van der Waals surface area contributed by atoms with Gasteiger partial charge in [-0.3, -0.25) is 0 Å². The van der Waals surface area contributed by atoms with E-state index >= 15 is 0 Å². The van der Waals surface area contributed by atoms with Gasteiger partial charge in [-0.1, -0.05) is 20.3 Å². The van der Waals surface area contributed by atoms with E-state index in [4.69, 9.17) is 0 Å². The molecule has 0 spiro atoms. The Labute approximate surface area is 123 Å². The van der Waals surface area contributed by atoms with Crippen LogP contribution in [0.1, 0.15) is 25.8 Å². The fraction of sp³-hybridized carbons (Fsp3) is 0.600. The molecule has 1 aliphatic rings. The molecule has 0 amide bonds. The van der Waals surface area contributed by atoms with Crippen molar-refractivity contribution in [3.05, 3.63) is 28.0 Å². The first kappa shape index (κ1) is 14.8. The summed E-state index contributed by atoms with van der Waals surface area (Å²) in [6.07, 6.45) is 1.17. The van der Waals surface area contributed by atoms with Crippen LogP contribution in [-0.4, -0.2) is 25.7 Å². The Morgan fingerprint density at radius 3 is 2.95 bits per heavy atom. The lowest BCUT2D eigenvalue weighted by Crippen LogP contribution is -2.53. The molecule has 0 radical (unpaired) electrons. The predicted molar refractivity (Wildman–Crippen MR) is 82.3 cm³/mol. The summed E-state index contributed by atoms with van der Waals surface area (Å²) in [5.74, 6) is 0.461. The highest BCUT2D eigenvalue weighted by Gasteiger charge is 2.24. The number of anilines is 1. The predicted octanol–water partition coefficient (Wildman–Crippen LogP) is 3.72. The first-order valence-corrected chi connectivity index (χ1v) is 7.76. The van der Waals surface area contributed by atoms with Crippen LogP contribution >= 0.6 is 15.9 Å². The van der Waals surface area contributed by atoms with Crippen molar-refractivity contribution in [1.82, 2.24) is 5.32 Å². The Kier molecular flexibility index (Phi) is 4.85. The molecule has 1 heterocycles. The van der Waals surface area contributed by atoms with E-state index in [0.717, 1.165) is 30.9 Å². The summed E-state index contributed by atoms with van der Waals surface area (Å²) in [6, 6.07) is 4.01. The van der Waals surface area contributed by atoms with Crippen LogP contribution in [-0.2, 0) is 0 Å². The Bertz CT molecular complexity index is 450. The van der Waals surface area contributed by atoms with E-state index in [0.29, 0.717) is 16.4 Å². The quantitative estimate of drug-likeness (QED) is 0.909. The number of piperazine rings is 1. The van der Waals surface area contributed by atoms with E-state index < -0.39 is 0 Å². The molecular formula is C15H22BrFN2. The summed E-state index contributed by atoms with van der Waals surface area (Å²) < 4.78 is 14.3. The van der Waals surface area contributed by atoms with Crippen LogP contribution in [0, 0.1) is 18.7 Å². The van der Waals surface area contributed by atoms with E-state index in [1.165, 1.54) is 6.42 Å². The van der Waals surface area contributed by atoms with Crippen molar-refractivity contribution >= 4 is 21.6 Å². The molecule has 2 atom stereocenters. The zero-order chi connectivity index (χ0) is 14.0. The summed E-state index contributed by atoms with van der Waals surface area (Å²) in [5.41, 5.74) is 2.15. The number of halogens is 2. The van der Waals surface area contributed by atoms with Gasteiger partial charge in [-0.15, -0.1) is 0 Å². The molecule has 1 N–H and O–H groups in total. The van der Waals surface area contributed by atoms with Crippen LogP contribution in [0.4, 0.5) is 10.1 Å². The summed E-state index contributed by atoms with van der Waals surface area (Å²) in [4.78, 5) is 2.30. The second-order valence-electron chi connectivity index (χ2n) is 5.44. The maximum Gasteiger partial charge on any atom is 0.139 e. The second kappa shape index (κ2) is 6.23. The molecule has 2 nitrogen and oxygen atoms in total. The fourth-order valence-corrected chi connectivity index (χ4v) is 3.10. The molecule has 0 bridgehead atoms. The van der Waals surface area contributed by atoms with Crippen LogP contribution in [0.15, 0.2) is 16.6 Å². The number of hydrogen-bond acceptors (Lipinski definition) is 2. The molecular weight excluding hydrogens is 307 g/mol. The first-order valence-electron chi connectivity index (χ1n) is 6.97. The van der Waals surface area contributed by atoms with Crippen LogP contribution in [0.3, 0.4) is 0 Å². The lowest BCUT2D eigenvalue weighted by Gasteiger charge is -2.38. The van der Waals surface area contributed by atoms with Gasteiger partial charge in [0.15, 0.2) is 0 Å². The minimum absolute atomic E-state index is 0.181. The van der Waals surface area contributed by atoms with Crippen molar-refractivity contribution in [3.63, 3.8) is 0 Å². The van der Waals surface area contributed by atoms with Gasteiger partial charge in [-0.25, -0.2) is 4.39 Å². The summed E-state index contributed by atoms with van der Waals surface area (Å²) >= 11 is 3.24. The largest absolute Gasteiger partial charge is 0.368 e. The van der Waals surface area contributed by atoms with Gasteiger partial charge in [0.05, 0.1) is 4.47 Å². The van der Waals surface area contributed by atoms with E-state index in [-0.39, 0.29) is 5.82 Å². The van der Waals surface area contributed by atoms with Crippen molar-refractivity contribution in [2.24, 2.45) is 5.92 Å². The highest BCUT2D eigenvalue weighted by Crippen LogP contribution is 2.28. The van der Waals surface area contributed by atoms with Gasteiger partial charge in [-0.05, 0) is 46.5 Å². The molecule has 0 saturated carbocycles.